The predicted octanol–water partition coefficient (Wildman–Crippen LogP) is 2.82. The van der Waals surface area contributed by atoms with Gasteiger partial charge in [-0.15, -0.1) is 24.0 Å². The Hall–Kier alpha value is -1.09. The lowest BCUT2D eigenvalue weighted by Gasteiger charge is -2.26. The summed E-state index contributed by atoms with van der Waals surface area (Å²) in [6.45, 7) is 2.27. The third kappa shape index (κ3) is 4.95. The molecule has 24 heavy (non-hydrogen) atoms. The summed E-state index contributed by atoms with van der Waals surface area (Å²) in [5.74, 6) is 2.08. The van der Waals surface area contributed by atoms with Crippen molar-refractivity contribution in [3.63, 3.8) is 0 Å². The van der Waals surface area contributed by atoms with Gasteiger partial charge in [0.05, 0.1) is 6.61 Å². The molecule has 7 heteroatoms. The van der Waals surface area contributed by atoms with E-state index in [1.54, 1.807) is 7.05 Å². The lowest BCUT2D eigenvalue weighted by molar-refractivity contribution is -0.0172. The van der Waals surface area contributed by atoms with Crippen LogP contribution in [0.2, 0.25) is 0 Å². The van der Waals surface area contributed by atoms with Gasteiger partial charge in [0.15, 0.2) is 12.8 Å². The average Bonchev–Trinajstić information content (AvgIpc) is 2.51. The Kier molecular flexibility index (Phi) is 7.54. The van der Waals surface area contributed by atoms with Crippen LogP contribution in [0.25, 0.3) is 0 Å². The molecule has 2 aliphatic rings. The van der Waals surface area contributed by atoms with E-state index in [1.807, 2.05) is 0 Å². The third-order valence-electron chi connectivity index (χ3n) is 4.45. The minimum absolute atomic E-state index is 0. The van der Waals surface area contributed by atoms with Crippen LogP contribution in [0.1, 0.15) is 30.4 Å². The van der Waals surface area contributed by atoms with Crippen molar-refractivity contribution in [3.05, 3.63) is 29.1 Å². The van der Waals surface area contributed by atoms with E-state index in [0.717, 1.165) is 35.3 Å². The molecule has 1 aromatic carbocycles. The molecule has 1 aromatic rings. The Bertz CT molecular complexity index is 579. The largest absolute Gasteiger partial charge is 0.467 e. The van der Waals surface area contributed by atoms with Crippen LogP contribution < -0.4 is 15.4 Å². The van der Waals surface area contributed by atoms with Crippen molar-refractivity contribution in [2.75, 3.05) is 26.9 Å². The van der Waals surface area contributed by atoms with E-state index >= 15 is 0 Å². The zero-order valence-electron chi connectivity index (χ0n) is 13.9. The summed E-state index contributed by atoms with van der Waals surface area (Å²) in [4.78, 5) is 4.22. The lowest BCUT2D eigenvalue weighted by atomic mass is 9.85. The number of halogens is 2. The van der Waals surface area contributed by atoms with Gasteiger partial charge < -0.3 is 20.1 Å². The number of rotatable bonds is 5. The van der Waals surface area contributed by atoms with Gasteiger partial charge in [-0.25, -0.2) is 4.39 Å². The first-order valence-electron chi connectivity index (χ1n) is 8.22. The van der Waals surface area contributed by atoms with Crippen LogP contribution in [0.4, 0.5) is 4.39 Å². The van der Waals surface area contributed by atoms with E-state index < -0.39 is 0 Å². The highest BCUT2D eigenvalue weighted by Gasteiger charge is 2.18. The molecule has 0 radical (unpaired) electrons. The second kappa shape index (κ2) is 9.41. The number of ether oxygens (including phenoxy) is 2. The maximum absolute atomic E-state index is 13.7. The van der Waals surface area contributed by atoms with Gasteiger partial charge in [0, 0.05) is 25.7 Å². The molecular formula is C17H25FIN3O2. The number of hydrogen-bond acceptors (Lipinski definition) is 3. The quantitative estimate of drug-likeness (QED) is 0.413. The summed E-state index contributed by atoms with van der Waals surface area (Å²) in [6.07, 6.45) is 4.62. The van der Waals surface area contributed by atoms with Gasteiger partial charge in [0.2, 0.25) is 0 Å². The Morgan fingerprint density at radius 1 is 1.33 bits per heavy atom. The molecular weight excluding hydrogens is 424 g/mol. The second-order valence-corrected chi connectivity index (χ2v) is 6.09. The highest BCUT2D eigenvalue weighted by molar-refractivity contribution is 14.0. The zero-order valence-corrected chi connectivity index (χ0v) is 16.3. The highest BCUT2D eigenvalue weighted by atomic mass is 127. The van der Waals surface area contributed by atoms with Gasteiger partial charge in [-0.1, -0.05) is 6.42 Å². The van der Waals surface area contributed by atoms with Crippen molar-refractivity contribution in [3.8, 4) is 5.75 Å². The Balaban J connectivity index is 0.00000208. The third-order valence-corrected chi connectivity index (χ3v) is 4.45. The molecule has 0 aromatic heterocycles. The minimum atomic E-state index is -0.250. The van der Waals surface area contributed by atoms with Crippen LogP contribution in [-0.2, 0) is 17.8 Å². The van der Waals surface area contributed by atoms with Gasteiger partial charge >= 0.3 is 0 Å². The number of aliphatic imine (C=N–C) groups is 1. The Labute approximate surface area is 159 Å². The van der Waals surface area contributed by atoms with E-state index in [1.165, 1.54) is 31.4 Å². The number of fused-ring (bicyclic) bond motifs is 1. The van der Waals surface area contributed by atoms with Crippen molar-refractivity contribution in [1.29, 1.82) is 0 Å². The van der Waals surface area contributed by atoms with Gasteiger partial charge in [-0.05, 0) is 42.9 Å². The summed E-state index contributed by atoms with van der Waals surface area (Å²) in [6, 6.07) is 3.01. The van der Waals surface area contributed by atoms with Crippen LogP contribution in [0.15, 0.2) is 17.1 Å². The average molecular weight is 449 g/mol. The van der Waals surface area contributed by atoms with Crippen molar-refractivity contribution >= 4 is 29.9 Å². The number of nitrogens with zero attached hydrogens (tertiary/aromatic N) is 1. The van der Waals surface area contributed by atoms with Crippen LogP contribution in [0.5, 0.6) is 5.75 Å². The van der Waals surface area contributed by atoms with E-state index in [-0.39, 0.29) is 36.6 Å². The molecule has 0 unspecified atom stereocenters. The van der Waals surface area contributed by atoms with Crippen molar-refractivity contribution < 1.29 is 13.9 Å². The lowest BCUT2D eigenvalue weighted by Crippen LogP contribution is -2.41. The fourth-order valence-corrected chi connectivity index (χ4v) is 2.92. The number of nitrogens with one attached hydrogen (secondary N) is 2. The molecule has 0 spiro atoms. The molecule has 1 heterocycles. The molecule has 1 aliphatic heterocycles. The smallest absolute Gasteiger partial charge is 0.190 e. The van der Waals surface area contributed by atoms with Crippen molar-refractivity contribution in [1.82, 2.24) is 10.6 Å². The topological polar surface area (TPSA) is 54.9 Å². The van der Waals surface area contributed by atoms with Crippen LogP contribution in [0, 0.1) is 11.7 Å². The minimum Gasteiger partial charge on any atom is -0.467 e. The maximum Gasteiger partial charge on any atom is 0.190 e. The summed E-state index contributed by atoms with van der Waals surface area (Å²) in [7, 11) is 1.76. The molecule has 0 amide bonds. The van der Waals surface area contributed by atoms with E-state index in [4.69, 9.17) is 9.47 Å². The fraction of sp³-hybridized carbons (Fsp3) is 0.588. The zero-order chi connectivity index (χ0) is 16.1. The van der Waals surface area contributed by atoms with Gasteiger partial charge in [0.1, 0.15) is 11.6 Å². The van der Waals surface area contributed by atoms with Crippen LogP contribution >= 0.6 is 24.0 Å². The Morgan fingerprint density at radius 3 is 2.88 bits per heavy atom. The first-order valence-corrected chi connectivity index (χ1v) is 8.22. The normalized spacial score (nSPS) is 17.2. The molecule has 134 valence electrons. The standard InChI is InChI=1S/C17H24FN3O2.HI/c1-19-17(21-9-12-3-2-4-12)20-6-5-13-7-15(18)8-14-10-22-11-23-16(13)14;/h7-8,12H,2-6,9-11H2,1H3,(H2,19,20,21);1H. The van der Waals surface area contributed by atoms with Gasteiger partial charge in [-0.2, -0.15) is 0 Å². The maximum atomic E-state index is 13.7. The second-order valence-electron chi connectivity index (χ2n) is 6.09. The molecule has 1 saturated carbocycles. The van der Waals surface area contributed by atoms with E-state index in [9.17, 15) is 4.39 Å². The summed E-state index contributed by atoms with van der Waals surface area (Å²) < 4.78 is 24.4. The first-order chi connectivity index (χ1) is 11.3. The number of benzene rings is 1. The molecule has 0 bridgehead atoms. The predicted molar refractivity (Wildman–Crippen MR) is 103 cm³/mol. The summed E-state index contributed by atoms with van der Waals surface area (Å²) in [5, 5.41) is 6.62. The highest BCUT2D eigenvalue weighted by Crippen LogP contribution is 2.29. The summed E-state index contributed by atoms with van der Waals surface area (Å²) in [5.41, 5.74) is 1.64. The van der Waals surface area contributed by atoms with Gasteiger partial charge in [0.25, 0.3) is 0 Å². The molecule has 1 fully saturated rings. The number of hydrogen-bond donors (Lipinski definition) is 2. The molecule has 0 atom stereocenters. The van der Waals surface area contributed by atoms with Crippen molar-refractivity contribution in [2.24, 2.45) is 10.9 Å². The molecule has 3 rings (SSSR count). The monoisotopic (exact) mass is 449 g/mol. The SMILES string of the molecule is CN=C(NCCc1cc(F)cc2c1OCOC2)NCC1CCC1.I. The van der Waals surface area contributed by atoms with Crippen LogP contribution in [-0.4, -0.2) is 32.9 Å². The first kappa shape index (κ1) is 19.2. The van der Waals surface area contributed by atoms with E-state index in [2.05, 4.69) is 15.6 Å². The molecule has 5 nitrogen and oxygen atoms in total. The van der Waals surface area contributed by atoms with E-state index in [0.29, 0.717) is 19.6 Å². The molecule has 2 N–H and O–H groups in total. The number of guanidine groups is 1. The van der Waals surface area contributed by atoms with Gasteiger partial charge in [-0.3, -0.25) is 4.99 Å². The summed E-state index contributed by atoms with van der Waals surface area (Å²) >= 11 is 0. The molecule has 0 saturated heterocycles. The molecule has 1 aliphatic carbocycles. The van der Waals surface area contributed by atoms with Crippen molar-refractivity contribution in [2.45, 2.75) is 32.3 Å². The Morgan fingerprint density at radius 2 is 2.17 bits per heavy atom. The van der Waals surface area contributed by atoms with Crippen LogP contribution in [0.3, 0.4) is 0 Å². The fourth-order valence-electron chi connectivity index (χ4n) is 2.92.